The Morgan fingerprint density at radius 1 is 1.06 bits per heavy atom. The standard InChI is InChI=1S/C24H26ClNO5S/c1-14(2)9-20(23(27)28)26-21(24(29)30)10-15-3-6-18(7-4-15)31-12-16-13-32-22-8-5-17(25)11-19(16)22/h3-8,11,13-14,20-21,26H,9-10,12H2,1-2H3,(H,27,28)(H,29,30). The van der Waals surface area contributed by atoms with Gasteiger partial charge in [0.15, 0.2) is 0 Å². The van der Waals surface area contributed by atoms with Gasteiger partial charge in [-0.05, 0) is 60.0 Å². The van der Waals surface area contributed by atoms with E-state index >= 15 is 0 Å². The molecule has 1 aromatic heterocycles. The largest absolute Gasteiger partial charge is 0.489 e. The predicted octanol–water partition coefficient (Wildman–Crippen LogP) is 5.22. The Kier molecular flexibility index (Phi) is 8.12. The molecule has 3 N–H and O–H groups in total. The number of hydrogen-bond donors (Lipinski definition) is 3. The number of nitrogens with one attached hydrogen (secondary N) is 1. The van der Waals surface area contributed by atoms with Gasteiger partial charge in [0.25, 0.3) is 0 Å². The van der Waals surface area contributed by atoms with E-state index in [2.05, 4.69) is 10.7 Å². The fourth-order valence-electron chi connectivity index (χ4n) is 3.46. The number of carboxylic acids is 2. The average molecular weight is 476 g/mol. The van der Waals surface area contributed by atoms with Crippen LogP contribution in [-0.4, -0.2) is 34.2 Å². The zero-order chi connectivity index (χ0) is 23.3. The van der Waals surface area contributed by atoms with Crippen molar-refractivity contribution in [3.8, 4) is 5.75 Å². The summed E-state index contributed by atoms with van der Waals surface area (Å²) in [6.45, 7) is 4.20. The van der Waals surface area contributed by atoms with E-state index < -0.39 is 24.0 Å². The van der Waals surface area contributed by atoms with Crippen molar-refractivity contribution in [1.82, 2.24) is 5.32 Å². The number of carboxylic acid groups (broad SMARTS) is 2. The number of rotatable bonds is 11. The summed E-state index contributed by atoms with van der Waals surface area (Å²) in [4.78, 5) is 23.2. The summed E-state index contributed by atoms with van der Waals surface area (Å²) in [5, 5.41) is 25.5. The Bertz CT molecular complexity index is 1080. The summed E-state index contributed by atoms with van der Waals surface area (Å²) in [6, 6.07) is 11.1. The monoisotopic (exact) mass is 475 g/mol. The van der Waals surface area contributed by atoms with Crippen LogP contribution in [0.5, 0.6) is 5.75 Å². The SMILES string of the molecule is CC(C)CC(NC(Cc1ccc(OCc2csc3ccc(Cl)cc23)cc1)C(=O)O)C(=O)O. The quantitative estimate of drug-likeness (QED) is 0.352. The van der Waals surface area contributed by atoms with Gasteiger partial charge in [-0.15, -0.1) is 11.3 Å². The van der Waals surface area contributed by atoms with Gasteiger partial charge in [-0.2, -0.15) is 0 Å². The minimum absolute atomic E-state index is 0.130. The van der Waals surface area contributed by atoms with Crippen molar-refractivity contribution in [2.24, 2.45) is 5.92 Å². The number of ether oxygens (including phenoxy) is 1. The second-order valence-electron chi connectivity index (χ2n) is 8.12. The van der Waals surface area contributed by atoms with Crippen molar-refractivity contribution in [2.45, 2.75) is 45.4 Å². The van der Waals surface area contributed by atoms with Gasteiger partial charge >= 0.3 is 11.9 Å². The van der Waals surface area contributed by atoms with Crippen LogP contribution in [0, 0.1) is 5.92 Å². The third-order valence-electron chi connectivity index (χ3n) is 5.08. The van der Waals surface area contributed by atoms with E-state index in [0.29, 0.717) is 23.8 Å². The van der Waals surface area contributed by atoms with Gasteiger partial charge < -0.3 is 14.9 Å². The molecule has 0 aliphatic rings. The molecule has 2 aromatic carbocycles. The highest BCUT2D eigenvalue weighted by Crippen LogP contribution is 2.29. The molecule has 2 atom stereocenters. The third kappa shape index (κ3) is 6.45. The van der Waals surface area contributed by atoms with Crippen LogP contribution < -0.4 is 10.1 Å². The molecule has 0 saturated heterocycles. The number of aliphatic carboxylic acids is 2. The summed E-state index contributed by atoms with van der Waals surface area (Å²) in [5.74, 6) is -1.33. The van der Waals surface area contributed by atoms with E-state index in [0.717, 1.165) is 21.2 Å². The van der Waals surface area contributed by atoms with E-state index in [1.54, 1.807) is 35.6 Å². The summed E-state index contributed by atoms with van der Waals surface area (Å²) in [5.41, 5.74) is 1.83. The fraction of sp³-hybridized carbons (Fsp3) is 0.333. The van der Waals surface area contributed by atoms with E-state index in [4.69, 9.17) is 16.3 Å². The van der Waals surface area contributed by atoms with E-state index in [1.807, 2.05) is 32.0 Å². The van der Waals surface area contributed by atoms with Crippen LogP contribution in [0.4, 0.5) is 0 Å². The highest BCUT2D eigenvalue weighted by Gasteiger charge is 2.26. The van der Waals surface area contributed by atoms with Crippen LogP contribution in [0.3, 0.4) is 0 Å². The van der Waals surface area contributed by atoms with Crippen molar-refractivity contribution in [1.29, 1.82) is 0 Å². The first kappa shape index (κ1) is 24.0. The van der Waals surface area contributed by atoms with Crippen molar-refractivity contribution in [3.05, 3.63) is 64.0 Å². The van der Waals surface area contributed by atoms with Gasteiger partial charge in [-0.3, -0.25) is 14.9 Å². The molecule has 3 aromatic rings. The molecule has 0 fully saturated rings. The third-order valence-corrected chi connectivity index (χ3v) is 6.33. The van der Waals surface area contributed by atoms with Crippen LogP contribution >= 0.6 is 22.9 Å². The Balaban J connectivity index is 1.62. The molecular formula is C24H26ClNO5S. The van der Waals surface area contributed by atoms with Gasteiger partial charge in [-0.1, -0.05) is 37.6 Å². The molecule has 170 valence electrons. The summed E-state index contributed by atoms with van der Waals surface area (Å²) < 4.78 is 7.05. The number of hydrogen-bond acceptors (Lipinski definition) is 5. The Hall–Kier alpha value is -2.61. The molecule has 0 spiro atoms. The van der Waals surface area contributed by atoms with Crippen molar-refractivity contribution in [3.63, 3.8) is 0 Å². The Labute approximate surface area is 195 Å². The highest BCUT2D eigenvalue weighted by atomic mass is 35.5. The average Bonchev–Trinajstić information content (AvgIpc) is 3.13. The number of halogens is 1. The molecule has 0 saturated carbocycles. The van der Waals surface area contributed by atoms with Gasteiger partial charge in [0, 0.05) is 20.7 Å². The zero-order valence-electron chi connectivity index (χ0n) is 17.9. The first-order valence-electron chi connectivity index (χ1n) is 10.3. The normalized spacial score (nSPS) is 13.2. The number of fused-ring (bicyclic) bond motifs is 1. The maximum Gasteiger partial charge on any atom is 0.321 e. The smallest absolute Gasteiger partial charge is 0.321 e. The molecule has 2 unspecified atom stereocenters. The second-order valence-corrected chi connectivity index (χ2v) is 9.46. The van der Waals surface area contributed by atoms with E-state index in [1.165, 1.54) is 0 Å². The van der Waals surface area contributed by atoms with Gasteiger partial charge in [-0.25, -0.2) is 0 Å². The summed E-state index contributed by atoms with van der Waals surface area (Å²) in [6.07, 6.45) is 0.527. The lowest BCUT2D eigenvalue weighted by Crippen LogP contribution is -2.48. The van der Waals surface area contributed by atoms with Crippen molar-refractivity contribution < 1.29 is 24.5 Å². The molecule has 0 aliphatic heterocycles. The molecule has 1 heterocycles. The lowest BCUT2D eigenvalue weighted by molar-refractivity contribution is -0.142. The van der Waals surface area contributed by atoms with Gasteiger partial charge in [0.05, 0.1) is 0 Å². The van der Waals surface area contributed by atoms with Crippen LogP contribution in [0.2, 0.25) is 5.02 Å². The minimum atomic E-state index is -1.08. The maximum absolute atomic E-state index is 11.7. The van der Waals surface area contributed by atoms with Crippen LogP contribution in [0.15, 0.2) is 47.8 Å². The minimum Gasteiger partial charge on any atom is -0.489 e. The van der Waals surface area contributed by atoms with Crippen LogP contribution in [0.25, 0.3) is 10.1 Å². The predicted molar refractivity (Wildman–Crippen MR) is 127 cm³/mol. The molecule has 32 heavy (non-hydrogen) atoms. The number of carbonyl (C=O) groups is 2. The van der Waals surface area contributed by atoms with E-state index in [9.17, 15) is 19.8 Å². The van der Waals surface area contributed by atoms with Gasteiger partial charge in [0.2, 0.25) is 0 Å². The van der Waals surface area contributed by atoms with Crippen molar-refractivity contribution >= 4 is 45.0 Å². The highest BCUT2D eigenvalue weighted by molar-refractivity contribution is 7.17. The van der Waals surface area contributed by atoms with Crippen LogP contribution in [-0.2, 0) is 22.6 Å². The lowest BCUT2D eigenvalue weighted by Gasteiger charge is -2.22. The molecule has 6 nitrogen and oxygen atoms in total. The first-order valence-corrected chi connectivity index (χ1v) is 11.6. The van der Waals surface area contributed by atoms with E-state index in [-0.39, 0.29) is 12.3 Å². The molecule has 0 amide bonds. The summed E-state index contributed by atoms with van der Waals surface area (Å²) >= 11 is 7.74. The van der Waals surface area contributed by atoms with Gasteiger partial charge in [0.1, 0.15) is 24.4 Å². The Morgan fingerprint density at radius 2 is 1.75 bits per heavy atom. The van der Waals surface area contributed by atoms with Crippen molar-refractivity contribution in [2.75, 3.05) is 0 Å². The summed E-state index contributed by atoms with van der Waals surface area (Å²) in [7, 11) is 0. The second kappa shape index (κ2) is 10.8. The molecule has 8 heteroatoms. The van der Waals surface area contributed by atoms with Crippen LogP contribution in [0.1, 0.15) is 31.4 Å². The number of thiophene rings is 1. The molecule has 3 rings (SSSR count). The Morgan fingerprint density at radius 3 is 2.38 bits per heavy atom. The first-order chi connectivity index (χ1) is 15.2. The molecule has 0 radical (unpaired) electrons. The fourth-order valence-corrected chi connectivity index (χ4v) is 4.56. The molecular weight excluding hydrogens is 450 g/mol. The molecule has 0 bridgehead atoms. The lowest BCUT2D eigenvalue weighted by atomic mass is 10.0. The zero-order valence-corrected chi connectivity index (χ0v) is 19.4. The molecule has 0 aliphatic carbocycles. The topological polar surface area (TPSA) is 95.9 Å². The maximum atomic E-state index is 11.7. The number of benzene rings is 2.